The lowest BCUT2D eigenvalue weighted by atomic mass is 9.71. The average molecular weight is 343 g/mol. The first-order valence-corrected chi connectivity index (χ1v) is 8.57. The fraction of sp³-hybridized carbons (Fsp3) is 0.450. The highest BCUT2D eigenvalue weighted by Crippen LogP contribution is 2.44. The fourth-order valence-electron chi connectivity index (χ4n) is 4.32. The van der Waals surface area contributed by atoms with Crippen molar-refractivity contribution in [2.45, 2.75) is 30.6 Å². The number of hydrogen-bond acceptors (Lipinski definition) is 5. The van der Waals surface area contributed by atoms with E-state index in [2.05, 4.69) is 4.98 Å². The van der Waals surface area contributed by atoms with Gasteiger partial charge in [-0.25, -0.2) is 0 Å². The molecular weight excluding hydrogens is 316 g/mol. The highest BCUT2D eigenvalue weighted by atomic mass is 16.5. The molecule has 3 saturated heterocycles. The van der Waals surface area contributed by atoms with Gasteiger partial charge < -0.3 is 14.9 Å². The Hall–Kier alpha value is -1.95. The van der Waals surface area contributed by atoms with Crippen LogP contribution in [0.25, 0.3) is 10.9 Å². The number of piperidine rings is 3. The van der Waals surface area contributed by atoms with Crippen molar-refractivity contribution < 1.29 is 19.1 Å². The predicted molar refractivity (Wildman–Crippen MR) is 96.5 cm³/mol. The summed E-state index contributed by atoms with van der Waals surface area (Å²) < 4.78 is 28.2. The molecule has 5 heteroatoms. The summed E-state index contributed by atoms with van der Waals surface area (Å²) in [7, 11) is 1.60. The van der Waals surface area contributed by atoms with Crippen LogP contribution in [0.15, 0.2) is 43.0 Å². The molecule has 25 heavy (non-hydrogen) atoms. The molecule has 5 nitrogen and oxygen atoms in total. The highest BCUT2D eigenvalue weighted by Gasteiger charge is 2.49. The quantitative estimate of drug-likeness (QED) is 0.834. The van der Waals surface area contributed by atoms with Gasteiger partial charge in [0.25, 0.3) is 0 Å². The van der Waals surface area contributed by atoms with Crippen molar-refractivity contribution in [2.75, 3.05) is 20.2 Å². The first kappa shape index (κ1) is 13.3. The lowest BCUT2D eigenvalue weighted by molar-refractivity contribution is -0.127. The number of methoxy groups -OCH3 is 1. The Morgan fingerprint density at radius 1 is 1.56 bits per heavy atom. The minimum Gasteiger partial charge on any atom is -0.497 e. The molecule has 0 radical (unpaired) electrons. The zero-order chi connectivity index (χ0) is 20.1. The second-order valence-corrected chi connectivity index (χ2v) is 7.04. The van der Waals surface area contributed by atoms with E-state index in [0.29, 0.717) is 25.1 Å². The van der Waals surface area contributed by atoms with Crippen LogP contribution in [-0.4, -0.2) is 51.9 Å². The second kappa shape index (κ2) is 6.09. The number of nitrogens with zero attached hydrogens (tertiary/aromatic N) is 2. The number of aromatic nitrogens is 1. The van der Waals surface area contributed by atoms with Crippen LogP contribution in [0.1, 0.15) is 28.6 Å². The van der Waals surface area contributed by atoms with Gasteiger partial charge in [0.15, 0.2) is 0 Å². The normalized spacial score (nSPS) is 34.0. The van der Waals surface area contributed by atoms with Crippen LogP contribution in [0.2, 0.25) is 0 Å². The zero-order valence-corrected chi connectivity index (χ0v) is 14.1. The van der Waals surface area contributed by atoms with Crippen molar-refractivity contribution in [3.05, 3.63) is 48.6 Å². The van der Waals surface area contributed by atoms with Gasteiger partial charge in [-0.1, -0.05) is 6.05 Å². The SMILES string of the molecule is [2H]C([2H])=C([2H])C1(O)CN2CCC1CC2[C@@H](O)c1ccnc2ccc(OC)cc12. The molecule has 132 valence electrons. The average Bonchev–Trinajstić information content (AvgIpc) is 2.72. The number of rotatable bonds is 4. The van der Waals surface area contributed by atoms with E-state index in [1.165, 1.54) is 0 Å². The summed E-state index contributed by atoms with van der Waals surface area (Å²) in [5.74, 6) is 0.439. The molecule has 5 atom stereocenters. The molecule has 0 amide bonds. The number of benzene rings is 1. The van der Waals surface area contributed by atoms with Crippen LogP contribution in [0, 0.1) is 5.92 Å². The van der Waals surface area contributed by atoms with Gasteiger partial charge in [0.2, 0.25) is 0 Å². The third kappa shape index (κ3) is 2.63. The fourth-order valence-corrected chi connectivity index (χ4v) is 4.32. The maximum absolute atomic E-state index is 11.2. The van der Waals surface area contributed by atoms with E-state index in [9.17, 15) is 10.2 Å². The minimum absolute atomic E-state index is 0.159. The van der Waals surface area contributed by atoms with E-state index in [4.69, 9.17) is 8.85 Å². The predicted octanol–water partition coefficient (Wildman–Crippen LogP) is 2.29. The maximum atomic E-state index is 11.2. The van der Waals surface area contributed by atoms with Crippen LogP contribution in [0.5, 0.6) is 5.75 Å². The zero-order valence-electron chi connectivity index (χ0n) is 17.1. The summed E-state index contributed by atoms with van der Waals surface area (Å²) in [6, 6.07) is 6.82. The van der Waals surface area contributed by atoms with E-state index in [0.717, 1.165) is 16.5 Å². The van der Waals surface area contributed by atoms with Gasteiger partial charge in [0, 0.05) is 24.2 Å². The van der Waals surface area contributed by atoms with E-state index < -0.39 is 18.2 Å². The third-order valence-electron chi connectivity index (χ3n) is 5.76. The lowest BCUT2D eigenvalue weighted by Gasteiger charge is -2.54. The van der Waals surface area contributed by atoms with Crippen molar-refractivity contribution in [3.8, 4) is 5.75 Å². The molecule has 0 saturated carbocycles. The number of fused-ring (bicyclic) bond motifs is 4. The van der Waals surface area contributed by atoms with E-state index in [-0.39, 0.29) is 24.6 Å². The minimum atomic E-state index is -1.49. The number of pyridine rings is 1. The molecule has 1 aromatic carbocycles. The standard InChI is InChI=1S/C20H24N2O3/c1-3-20(24)12-22-9-7-13(20)10-18(22)19(23)15-6-8-21-17-5-4-14(25-2)11-16(15)17/h3-6,8,11,13,18-19,23-24H,1,7,9-10,12H2,2H3/t13?,18?,19-,20?/m0/s1/i1D2,3D. The Morgan fingerprint density at radius 3 is 3.16 bits per heavy atom. The number of aliphatic hydroxyl groups is 2. The highest BCUT2D eigenvalue weighted by molar-refractivity contribution is 5.83. The summed E-state index contributed by atoms with van der Waals surface area (Å²) in [5, 5.41) is 23.0. The second-order valence-electron chi connectivity index (χ2n) is 7.04. The lowest BCUT2D eigenvalue weighted by Crippen LogP contribution is -2.63. The monoisotopic (exact) mass is 343 g/mol. The van der Waals surface area contributed by atoms with Gasteiger partial charge in [-0.3, -0.25) is 9.88 Å². The molecule has 0 aliphatic carbocycles. The molecule has 3 aliphatic rings. The van der Waals surface area contributed by atoms with Gasteiger partial charge >= 0.3 is 0 Å². The first-order valence-electron chi connectivity index (χ1n) is 10.1. The Balaban J connectivity index is 1.67. The molecule has 5 rings (SSSR count). The summed E-state index contributed by atoms with van der Waals surface area (Å²) in [6.07, 6.45) is 2.08. The molecule has 3 fully saturated rings. The largest absolute Gasteiger partial charge is 0.497 e. The third-order valence-corrected chi connectivity index (χ3v) is 5.76. The summed E-state index contributed by atoms with van der Waals surface area (Å²) in [5.41, 5.74) is 0.0409. The Bertz CT molecular complexity index is 934. The molecule has 4 heterocycles. The van der Waals surface area contributed by atoms with E-state index in [1.54, 1.807) is 13.3 Å². The number of aliphatic hydroxyl groups excluding tert-OH is 1. The number of ether oxygens (including phenoxy) is 1. The molecule has 2 bridgehead atoms. The van der Waals surface area contributed by atoms with Crippen LogP contribution in [0.4, 0.5) is 0 Å². The van der Waals surface area contributed by atoms with Gasteiger partial charge in [0.1, 0.15) is 5.75 Å². The Kier molecular flexibility index (Phi) is 3.24. The molecule has 2 aromatic rings. The first-order chi connectivity index (χ1) is 13.3. The van der Waals surface area contributed by atoms with Crippen molar-refractivity contribution in [1.29, 1.82) is 0 Å². The van der Waals surface area contributed by atoms with Crippen LogP contribution >= 0.6 is 0 Å². The molecular formula is C20H24N2O3. The molecule has 3 aliphatic heterocycles. The van der Waals surface area contributed by atoms with Crippen LogP contribution < -0.4 is 4.74 Å². The summed E-state index contributed by atoms with van der Waals surface area (Å²) >= 11 is 0. The van der Waals surface area contributed by atoms with Crippen molar-refractivity contribution >= 4 is 10.9 Å². The van der Waals surface area contributed by atoms with Crippen molar-refractivity contribution in [3.63, 3.8) is 0 Å². The summed E-state index contributed by atoms with van der Waals surface area (Å²) in [6.45, 7) is 0.214. The van der Waals surface area contributed by atoms with E-state index >= 15 is 0 Å². The van der Waals surface area contributed by atoms with Gasteiger partial charge in [-0.2, -0.15) is 0 Å². The molecule has 4 unspecified atom stereocenters. The Labute approximate surface area is 151 Å². The van der Waals surface area contributed by atoms with Crippen LogP contribution in [0.3, 0.4) is 0 Å². The molecule has 0 spiro atoms. The van der Waals surface area contributed by atoms with Crippen molar-refractivity contribution in [2.24, 2.45) is 5.92 Å². The van der Waals surface area contributed by atoms with Crippen molar-refractivity contribution in [1.82, 2.24) is 9.88 Å². The summed E-state index contributed by atoms with van der Waals surface area (Å²) in [4.78, 5) is 6.35. The maximum Gasteiger partial charge on any atom is 0.119 e. The topological polar surface area (TPSA) is 65.8 Å². The molecule has 1 aromatic heterocycles. The van der Waals surface area contributed by atoms with Gasteiger partial charge in [-0.05, 0) is 55.1 Å². The van der Waals surface area contributed by atoms with Crippen LogP contribution in [-0.2, 0) is 0 Å². The number of hydrogen-bond donors (Lipinski definition) is 2. The Morgan fingerprint density at radius 2 is 2.44 bits per heavy atom. The van der Waals surface area contributed by atoms with E-state index in [1.807, 2.05) is 29.2 Å². The smallest absolute Gasteiger partial charge is 0.119 e. The van der Waals surface area contributed by atoms with Gasteiger partial charge in [0.05, 0.1) is 28.4 Å². The molecule has 2 N–H and O–H groups in total. The van der Waals surface area contributed by atoms with Gasteiger partial charge in [-0.15, -0.1) is 6.53 Å².